The minimum Gasteiger partial charge on any atom is -0.327 e. The first-order valence-corrected chi connectivity index (χ1v) is 8.53. The van der Waals surface area contributed by atoms with E-state index in [2.05, 4.69) is 45.8 Å². The second-order valence-electron chi connectivity index (χ2n) is 6.17. The van der Waals surface area contributed by atoms with E-state index in [4.69, 9.17) is 4.98 Å². The van der Waals surface area contributed by atoms with Crippen LogP contribution in [0.1, 0.15) is 31.6 Å². The number of rotatable bonds is 5. The molecular formula is C18H23N5. The van der Waals surface area contributed by atoms with Crippen molar-refractivity contribution in [2.45, 2.75) is 38.9 Å². The molecule has 1 aromatic carbocycles. The van der Waals surface area contributed by atoms with Gasteiger partial charge in [-0.2, -0.15) is 5.10 Å². The van der Waals surface area contributed by atoms with Crippen LogP contribution in [0.2, 0.25) is 0 Å². The Hall–Kier alpha value is -2.14. The maximum atomic E-state index is 4.96. The molecule has 1 atom stereocenters. The fourth-order valence-corrected chi connectivity index (χ4v) is 3.73. The van der Waals surface area contributed by atoms with Crippen LogP contribution in [0.5, 0.6) is 0 Å². The summed E-state index contributed by atoms with van der Waals surface area (Å²) >= 11 is 0. The third-order valence-electron chi connectivity index (χ3n) is 4.84. The van der Waals surface area contributed by atoms with E-state index in [0.717, 1.165) is 31.7 Å². The van der Waals surface area contributed by atoms with E-state index in [0.29, 0.717) is 6.04 Å². The van der Waals surface area contributed by atoms with Crippen LogP contribution < -0.4 is 0 Å². The number of aryl methyl sites for hydroxylation is 1. The minimum absolute atomic E-state index is 0.429. The van der Waals surface area contributed by atoms with Gasteiger partial charge in [-0.05, 0) is 44.5 Å². The first-order valence-electron chi connectivity index (χ1n) is 8.53. The zero-order valence-electron chi connectivity index (χ0n) is 13.6. The lowest BCUT2D eigenvalue weighted by Crippen LogP contribution is -2.29. The average molecular weight is 309 g/mol. The van der Waals surface area contributed by atoms with E-state index in [1.807, 2.05) is 23.1 Å². The van der Waals surface area contributed by atoms with Gasteiger partial charge in [-0.25, -0.2) is 4.98 Å². The van der Waals surface area contributed by atoms with Crippen LogP contribution in [0.4, 0.5) is 0 Å². The highest BCUT2D eigenvalue weighted by molar-refractivity contribution is 5.76. The van der Waals surface area contributed by atoms with Crippen LogP contribution in [0.25, 0.3) is 11.0 Å². The summed E-state index contributed by atoms with van der Waals surface area (Å²) in [5.41, 5.74) is 2.37. The molecular weight excluding hydrogens is 286 g/mol. The monoisotopic (exact) mass is 309 g/mol. The highest BCUT2D eigenvalue weighted by Crippen LogP contribution is 2.33. The summed E-state index contributed by atoms with van der Waals surface area (Å²) in [5.74, 6) is 1.23. The molecule has 0 N–H and O–H groups in total. The van der Waals surface area contributed by atoms with Crippen molar-refractivity contribution in [1.29, 1.82) is 0 Å². The largest absolute Gasteiger partial charge is 0.327 e. The fourth-order valence-electron chi connectivity index (χ4n) is 3.73. The number of hydrogen-bond donors (Lipinski definition) is 0. The highest BCUT2D eigenvalue weighted by atomic mass is 15.3. The van der Waals surface area contributed by atoms with Crippen molar-refractivity contribution in [2.75, 3.05) is 13.1 Å². The van der Waals surface area contributed by atoms with E-state index in [-0.39, 0.29) is 0 Å². The lowest BCUT2D eigenvalue weighted by molar-refractivity contribution is 0.231. The SMILES string of the molecule is CCn1c([C@H]2CCCN2CCn2cccn2)nc2ccccc21. The molecule has 23 heavy (non-hydrogen) atoms. The van der Waals surface area contributed by atoms with Crippen molar-refractivity contribution in [3.05, 3.63) is 48.5 Å². The molecule has 5 heteroatoms. The van der Waals surface area contributed by atoms with Crippen molar-refractivity contribution in [3.63, 3.8) is 0 Å². The number of nitrogens with zero attached hydrogens (tertiary/aromatic N) is 5. The van der Waals surface area contributed by atoms with Crippen LogP contribution in [0.3, 0.4) is 0 Å². The summed E-state index contributed by atoms with van der Waals surface area (Å²) in [6, 6.07) is 10.9. The van der Waals surface area contributed by atoms with E-state index < -0.39 is 0 Å². The van der Waals surface area contributed by atoms with Gasteiger partial charge in [0, 0.05) is 25.5 Å². The first-order chi connectivity index (χ1) is 11.4. The Bertz CT molecular complexity index is 774. The first kappa shape index (κ1) is 14.5. The molecule has 0 saturated carbocycles. The molecule has 1 fully saturated rings. The normalized spacial score (nSPS) is 18.9. The lowest BCUT2D eigenvalue weighted by atomic mass is 10.2. The zero-order valence-corrected chi connectivity index (χ0v) is 13.6. The van der Waals surface area contributed by atoms with E-state index >= 15 is 0 Å². The Labute approximate surface area is 136 Å². The summed E-state index contributed by atoms with van der Waals surface area (Å²) in [7, 11) is 0. The molecule has 0 spiro atoms. The fraction of sp³-hybridized carbons (Fsp3) is 0.444. The molecule has 4 rings (SSSR count). The molecule has 2 aromatic heterocycles. The summed E-state index contributed by atoms with van der Waals surface area (Å²) in [5, 5.41) is 4.31. The van der Waals surface area contributed by atoms with Crippen molar-refractivity contribution >= 4 is 11.0 Å². The van der Waals surface area contributed by atoms with Crippen molar-refractivity contribution in [1.82, 2.24) is 24.2 Å². The molecule has 5 nitrogen and oxygen atoms in total. The van der Waals surface area contributed by atoms with Crippen LogP contribution >= 0.6 is 0 Å². The number of para-hydroxylation sites is 2. The molecule has 120 valence electrons. The Morgan fingerprint density at radius 2 is 2.09 bits per heavy atom. The number of aromatic nitrogens is 4. The molecule has 3 heterocycles. The maximum absolute atomic E-state index is 4.96. The summed E-state index contributed by atoms with van der Waals surface area (Å²) in [4.78, 5) is 7.52. The van der Waals surface area contributed by atoms with E-state index in [9.17, 15) is 0 Å². The predicted octanol–water partition coefficient (Wildman–Crippen LogP) is 3.09. The quantitative estimate of drug-likeness (QED) is 0.727. The highest BCUT2D eigenvalue weighted by Gasteiger charge is 2.29. The zero-order chi connectivity index (χ0) is 15.6. The van der Waals surface area contributed by atoms with Gasteiger partial charge in [-0.3, -0.25) is 9.58 Å². The molecule has 1 saturated heterocycles. The molecule has 0 aliphatic carbocycles. The molecule has 0 unspecified atom stereocenters. The standard InChI is InChI=1S/C18H23N5/c1-2-23-16-8-4-3-7-15(16)20-18(23)17-9-5-11-21(17)13-14-22-12-6-10-19-22/h3-4,6-8,10,12,17H,2,5,9,11,13-14H2,1H3/t17-/m1/s1. The molecule has 0 bridgehead atoms. The number of hydrogen-bond acceptors (Lipinski definition) is 3. The topological polar surface area (TPSA) is 38.9 Å². The number of likely N-dealkylation sites (tertiary alicyclic amines) is 1. The van der Waals surface area contributed by atoms with Gasteiger partial charge in [0.2, 0.25) is 0 Å². The van der Waals surface area contributed by atoms with Gasteiger partial charge >= 0.3 is 0 Å². The van der Waals surface area contributed by atoms with Crippen LogP contribution in [-0.2, 0) is 13.1 Å². The summed E-state index contributed by atoms with van der Waals surface area (Å²) in [6.07, 6.45) is 6.32. The smallest absolute Gasteiger partial charge is 0.127 e. The van der Waals surface area contributed by atoms with Gasteiger partial charge in [-0.15, -0.1) is 0 Å². The summed E-state index contributed by atoms with van der Waals surface area (Å²) in [6.45, 7) is 6.30. The van der Waals surface area contributed by atoms with Crippen LogP contribution in [-0.4, -0.2) is 37.3 Å². The van der Waals surface area contributed by atoms with Gasteiger partial charge < -0.3 is 4.57 Å². The predicted molar refractivity (Wildman–Crippen MR) is 91.2 cm³/mol. The van der Waals surface area contributed by atoms with Gasteiger partial charge in [0.15, 0.2) is 0 Å². The molecule has 1 aliphatic heterocycles. The van der Waals surface area contributed by atoms with Gasteiger partial charge in [0.25, 0.3) is 0 Å². The number of fused-ring (bicyclic) bond motifs is 1. The van der Waals surface area contributed by atoms with Gasteiger partial charge in [0.05, 0.1) is 23.6 Å². The Morgan fingerprint density at radius 1 is 1.17 bits per heavy atom. The second-order valence-corrected chi connectivity index (χ2v) is 6.17. The lowest BCUT2D eigenvalue weighted by Gasteiger charge is -2.24. The third-order valence-corrected chi connectivity index (χ3v) is 4.84. The Balaban J connectivity index is 1.60. The number of imidazole rings is 1. The average Bonchev–Trinajstić information content (AvgIpc) is 3.31. The van der Waals surface area contributed by atoms with Crippen molar-refractivity contribution in [2.24, 2.45) is 0 Å². The van der Waals surface area contributed by atoms with Crippen molar-refractivity contribution < 1.29 is 0 Å². The van der Waals surface area contributed by atoms with Crippen LogP contribution in [0.15, 0.2) is 42.7 Å². The van der Waals surface area contributed by atoms with Gasteiger partial charge in [-0.1, -0.05) is 12.1 Å². The Morgan fingerprint density at radius 3 is 2.91 bits per heavy atom. The van der Waals surface area contributed by atoms with Gasteiger partial charge in [0.1, 0.15) is 5.82 Å². The Kier molecular flexibility index (Phi) is 3.87. The third kappa shape index (κ3) is 2.65. The van der Waals surface area contributed by atoms with Crippen LogP contribution in [0, 0.1) is 0 Å². The minimum atomic E-state index is 0.429. The maximum Gasteiger partial charge on any atom is 0.127 e. The second kappa shape index (κ2) is 6.16. The molecule has 3 aromatic rings. The summed E-state index contributed by atoms with van der Waals surface area (Å²) < 4.78 is 4.39. The number of benzene rings is 1. The van der Waals surface area contributed by atoms with Crippen molar-refractivity contribution in [3.8, 4) is 0 Å². The molecule has 0 radical (unpaired) electrons. The molecule has 0 amide bonds. The van der Waals surface area contributed by atoms with E-state index in [1.165, 1.54) is 24.2 Å². The van der Waals surface area contributed by atoms with E-state index in [1.54, 1.807) is 0 Å². The molecule has 1 aliphatic rings.